The molecule has 3 rings (SSSR count). The molecule has 2 aliphatic rings. The van der Waals surface area contributed by atoms with Crippen molar-refractivity contribution in [1.82, 2.24) is 0 Å². The lowest BCUT2D eigenvalue weighted by Gasteiger charge is -2.36. The van der Waals surface area contributed by atoms with Gasteiger partial charge in [-0.25, -0.2) is 0 Å². The summed E-state index contributed by atoms with van der Waals surface area (Å²) in [6.45, 7) is 2.85. The van der Waals surface area contributed by atoms with E-state index >= 15 is 0 Å². The Kier molecular flexibility index (Phi) is 2.77. The van der Waals surface area contributed by atoms with Gasteiger partial charge in [0, 0.05) is 18.3 Å². The summed E-state index contributed by atoms with van der Waals surface area (Å²) in [5, 5.41) is 9.06. The number of aliphatic carboxylic acids is 1. The number of carbonyl (C=O) groups is 1. The first-order valence-electron chi connectivity index (χ1n) is 6.79. The van der Waals surface area contributed by atoms with Gasteiger partial charge in [0.05, 0.1) is 5.92 Å². The van der Waals surface area contributed by atoms with Crippen molar-refractivity contribution in [2.45, 2.75) is 44.6 Å². The molecule has 1 heterocycles. The molecule has 1 saturated carbocycles. The highest BCUT2D eigenvalue weighted by molar-refractivity contribution is 5.76. The van der Waals surface area contributed by atoms with Crippen LogP contribution >= 0.6 is 0 Å². The minimum absolute atomic E-state index is 0.409. The van der Waals surface area contributed by atoms with E-state index in [0.29, 0.717) is 0 Å². The Labute approximate surface area is 107 Å². The van der Waals surface area contributed by atoms with Gasteiger partial charge < -0.3 is 10.0 Å². The minimum atomic E-state index is -0.746. The Morgan fingerprint density at radius 2 is 2.22 bits per heavy atom. The molecule has 0 radical (unpaired) electrons. The van der Waals surface area contributed by atoms with E-state index in [-0.39, 0.29) is 0 Å². The number of carboxylic acids is 1. The SMILES string of the molecule is CC(C(=O)O)c1ccc2c(c1)CCN2C1CCC1. The third-order valence-corrected chi connectivity index (χ3v) is 4.42. The van der Waals surface area contributed by atoms with Crippen molar-refractivity contribution in [3.8, 4) is 0 Å². The van der Waals surface area contributed by atoms with E-state index in [2.05, 4.69) is 17.0 Å². The zero-order valence-electron chi connectivity index (χ0n) is 10.7. The van der Waals surface area contributed by atoms with E-state index in [1.54, 1.807) is 6.92 Å². The number of anilines is 1. The van der Waals surface area contributed by atoms with Crippen LogP contribution in [0.25, 0.3) is 0 Å². The molecule has 3 nitrogen and oxygen atoms in total. The fraction of sp³-hybridized carbons (Fsp3) is 0.533. The average molecular weight is 245 g/mol. The quantitative estimate of drug-likeness (QED) is 0.890. The molecule has 1 fully saturated rings. The Bertz CT molecular complexity index is 479. The highest BCUT2D eigenvalue weighted by atomic mass is 16.4. The number of hydrogen-bond acceptors (Lipinski definition) is 2. The maximum absolute atomic E-state index is 11.0. The maximum atomic E-state index is 11.0. The topological polar surface area (TPSA) is 40.5 Å². The lowest BCUT2D eigenvalue weighted by molar-refractivity contribution is -0.138. The van der Waals surface area contributed by atoms with Gasteiger partial charge in [0.25, 0.3) is 0 Å². The predicted octanol–water partition coefficient (Wildman–Crippen LogP) is 2.79. The second-order valence-corrected chi connectivity index (χ2v) is 5.48. The number of carboxylic acid groups (broad SMARTS) is 1. The van der Waals surface area contributed by atoms with Crippen LogP contribution in [0.2, 0.25) is 0 Å². The van der Waals surface area contributed by atoms with Gasteiger partial charge in [-0.3, -0.25) is 4.79 Å². The zero-order valence-corrected chi connectivity index (χ0v) is 10.7. The van der Waals surface area contributed by atoms with Gasteiger partial charge in [-0.15, -0.1) is 0 Å². The summed E-state index contributed by atoms with van der Waals surface area (Å²) < 4.78 is 0. The van der Waals surface area contributed by atoms with Crippen LogP contribution < -0.4 is 4.90 Å². The first kappa shape index (κ1) is 11.6. The van der Waals surface area contributed by atoms with E-state index in [1.807, 2.05) is 6.07 Å². The summed E-state index contributed by atoms with van der Waals surface area (Å²) in [7, 11) is 0. The van der Waals surface area contributed by atoms with Crippen LogP contribution in [0.15, 0.2) is 18.2 Å². The summed E-state index contributed by atoms with van der Waals surface area (Å²) in [4.78, 5) is 13.5. The summed E-state index contributed by atoms with van der Waals surface area (Å²) in [6.07, 6.45) is 5.04. The van der Waals surface area contributed by atoms with Crippen LogP contribution in [0.5, 0.6) is 0 Å². The molecular formula is C15H19NO2. The molecule has 1 atom stereocenters. The summed E-state index contributed by atoms with van der Waals surface area (Å²) in [5.74, 6) is -1.16. The maximum Gasteiger partial charge on any atom is 0.310 e. The number of benzene rings is 1. The van der Waals surface area contributed by atoms with Gasteiger partial charge in [0.1, 0.15) is 0 Å². The second-order valence-electron chi connectivity index (χ2n) is 5.48. The summed E-state index contributed by atoms with van der Waals surface area (Å²) in [6, 6.07) is 6.92. The van der Waals surface area contributed by atoms with Crippen LogP contribution in [0.4, 0.5) is 5.69 Å². The van der Waals surface area contributed by atoms with Gasteiger partial charge in [-0.2, -0.15) is 0 Å². The summed E-state index contributed by atoms with van der Waals surface area (Å²) in [5.41, 5.74) is 3.59. The van der Waals surface area contributed by atoms with Crippen molar-refractivity contribution in [2.75, 3.05) is 11.4 Å². The zero-order chi connectivity index (χ0) is 12.7. The molecule has 1 aliphatic heterocycles. The fourth-order valence-electron chi connectivity index (χ4n) is 2.94. The smallest absolute Gasteiger partial charge is 0.310 e. The van der Waals surface area contributed by atoms with Gasteiger partial charge in [-0.05, 0) is 49.8 Å². The van der Waals surface area contributed by atoms with E-state index in [9.17, 15) is 4.79 Å². The molecule has 1 aromatic rings. The Hall–Kier alpha value is -1.51. The molecule has 0 saturated heterocycles. The molecule has 0 aromatic heterocycles. The van der Waals surface area contributed by atoms with Gasteiger partial charge >= 0.3 is 5.97 Å². The molecule has 3 heteroatoms. The molecular weight excluding hydrogens is 226 g/mol. The van der Waals surface area contributed by atoms with Crippen molar-refractivity contribution in [1.29, 1.82) is 0 Å². The number of rotatable bonds is 3. The van der Waals surface area contributed by atoms with E-state index in [4.69, 9.17) is 5.11 Å². The molecule has 1 aromatic carbocycles. The van der Waals surface area contributed by atoms with Gasteiger partial charge in [0.15, 0.2) is 0 Å². The molecule has 0 spiro atoms. The molecule has 1 aliphatic carbocycles. The van der Waals surface area contributed by atoms with Crippen molar-refractivity contribution in [3.63, 3.8) is 0 Å². The Morgan fingerprint density at radius 1 is 1.44 bits per heavy atom. The van der Waals surface area contributed by atoms with Crippen molar-refractivity contribution in [2.24, 2.45) is 0 Å². The molecule has 18 heavy (non-hydrogen) atoms. The van der Waals surface area contributed by atoms with Gasteiger partial charge in [0.2, 0.25) is 0 Å². The molecule has 1 unspecified atom stereocenters. The molecule has 0 amide bonds. The minimum Gasteiger partial charge on any atom is -0.481 e. The van der Waals surface area contributed by atoms with Crippen molar-refractivity contribution in [3.05, 3.63) is 29.3 Å². The highest BCUT2D eigenvalue weighted by Crippen LogP contribution is 2.37. The average Bonchev–Trinajstić information content (AvgIpc) is 2.69. The molecule has 1 N–H and O–H groups in total. The number of fused-ring (bicyclic) bond motifs is 1. The van der Waals surface area contributed by atoms with Crippen LogP contribution in [0.3, 0.4) is 0 Å². The van der Waals surface area contributed by atoms with E-state index in [0.717, 1.165) is 24.6 Å². The standard InChI is InChI=1S/C15H19NO2/c1-10(15(17)18)11-5-6-14-12(9-11)7-8-16(14)13-3-2-4-13/h5-6,9-10,13H,2-4,7-8H2,1H3,(H,17,18). The van der Waals surface area contributed by atoms with Crippen molar-refractivity contribution < 1.29 is 9.90 Å². The monoisotopic (exact) mass is 245 g/mol. The van der Waals surface area contributed by atoms with Crippen LogP contribution in [0, 0.1) is 0 Å². The first-order valence-corrected chi connectivity index (χ1v) is 6.79. The van der Waals surface area contributed by atoms with Crippen LogP contribution in [-0.4, -0.2) is 23.7 Å². The van der Waals surface area contributed by atoms with E-state index in [1.165, 1.54) is 30.5 Å². The third kappa shape index (κ3) is 1.78. The van der Waals surface area contributed by atoms with Crippen molar-refractivity contribution >= 4 is 11.7 Å². The Morgan fingerprint density at radius 3 is 2.83 bits per heavy atom. The number of nitrogens with zero attached hydrogens (tertiary/aromatic N) is 1. The largest absolute Gasteiger partial charge is 0.481 e. The van der Waals surface area contributed by atoms with Crippen LogP contribution in [-0.2, 0) is 11.2 Å². The molecule has 0 bridgehead atoms. The highest BCUT2D eigenvalue weighted by Gasteiger charge is 2.30. The Balaban J connectivity index is 1.86. The van der Waals surface area contributed by atoms with E-state index < -0.39 is 11.9 Å². The summed E-state index contributed by atoms with van der Waals surface area (Å²) >= 11 is 0. The van der Waals surface area contributed by atoms with Gasteiger partial charge in [-0.1, -0.05) is 12.1 Å². The predicted molar refractivity (Wildman–Crippen MR) is 71.2 cm³/mol. The molecule has 96 valence electrons. The normalized spacial score (nSPS) is 20.4. The fourth-order valence-corrected chi connectivity index (χ4v) is 2.94. The lowest BCUT2D eigenvalue weighted by atomic mass is 9.91. The lowest BCUT2D eigenvalue weighted by Crippen LogP contribution is -2.38. The first-order chi connectivity index (χ1) is 8.66. The number of hydrogen-bond donors (Lipinski definition) is 1. The van der Waals surface area contributed by atoms with Crippen LogP contribution in [0.1, 0.15) is 43.2 Å². The second kappa shape index (κ2) is 4.30. The third-order valence-electron chi connectivity index (χ3n) is 4.42.